The summed E-state index contributed by atoms with van der Waals surface area (Å²) in [5.41, 5.74) is 0. The molecule has 1 aliphatic carbocycles. The summed E-state index contributed by atoms with van der Waals surface area (Å²) >= 11 is 2.12. The molecule has 5 nitrogen and oxygen atoms in total. The number of nitrogens with zero attached hydrogens (tertiary/aromatic N) is 2. The zero-order valence-corrected chi connectivity index (χ0v) is 10.0. The summed E-state index contributed by atoms with van der Waals surface area (Å²) in [6.45, 7) is 0. The highest BCUT2D eigenvalue weighted by Gasteiger charge is 2.55. The Bertz CT molecular complexity index is 419. The van der Waals surface area contributed by atoms with Gasteiger partial charge in [-0.25, -0.2) is 9.78 Å². The van der Waals surface area contributed by atoms with Crippen LogP contribution in [-0.4, -0.2) is 32.1 Å². The number of amides is 1. The van der Waals surface area contributed by atoms with Crippen molar-refractivity contribution >= 4 is 28.7 Å². The number of hydrogen-bond donors (Lipinski definition) is 2. The first-order chi connectivity index (χ1) is 7.16. The molecule has 0 aromatic carbocycles. The largest absolute Gasteiger partial charge is 0.465 e. The van der Waals surface area contributed by atoms with E-state index in [0.29, 0.717) is 5.92 Å². The molecule has 3 atom stereocenters. The maximum atomic E-state index is 11.1. The van der Waals surface area contributed by atoms with Crippen molar-refractivity contribution in [3.05, 3.63) is 15.7 Å². The van der Waals surface area contributed by atoms with Gasteiger partial charge in [0.25, 0.3) is 0 Å². The molecule has 0 bridgehead atoms. The summed E-state index contributed by atoms with van der Waals surface area (Å²) in [6, 6.07) is 0.185. The molecule has 1 amide bonds. The highest BCUT2D eigenvalue weighted by Crippen LogP contribution is 2.52. The third-order valence-electron chi connectivity index (χ3n) is 3.21. The van der Waals surface area contributed by atoms with Crippen LogP contribution in [0.5, 0.6) is 0 Å². The standard InChI is InChI=1S/C9H10IN3O2/c10-7-3-11-8(12-7)6-2-4-1-5(4)13(6)9(14)15/h3-6H,1-2H2,(H,11,12)(H,14,15)/t4-,5-,6-/m0/s1. The van der Waals surface area contributed by atoms with E-state index in [1.165, 1.54) is 0 Å². The molecule has 1 aromatic heterocycles. The zero-order chi connectivity index (χ0) is 10.6. The first-order valence-corrected chi connectivity index (χ1v) is 5.97. The van der Waals surface area contributed by atoms with Crippen LogP contribution in [0.25, 0.3) is 0 Å². The van der Waals surface area contributed by atoms with E-state index in [1.807, 2.05) is 0 Å². The summed E-state index contributed by atoms with van der Waals surface area (Å²) in [5, 5.41) is 9.13. The average Bonchev–Trinajstić information content (AvgIpc) is 2.65. The van der Waals surface area contributed by atoms with Gasteiger partial charge in [-0.3, -0.25) is 4.90 Å². The Balaban J connectivity index is 1.90. The maximum absolute atomic E-state index is 11.1. The number of H-pyrrole nitrogens is 1. The molecule has 1 saturated heterocycles. The first-order valence-electron chi connectivity index (χ1n) is 4.89. The second-order valence-corrected chi connectivity index (χ2v) is 5.22. The van der Waals surface area contributed by atoms with E-state index < -0.39 is 6.09 Å². The van der Waals surface area contributed by atoms with Crippen molar-refractivity contribution in [2.24, 2.45) is 5.92 Å². The van der Waals surface area contributed by atoms with Gasteiger partial charge in [-0.1, -0.05) is 0 Å². The second kappa shape index (κ2) is 3.10. The number of likely N-dealkylation sites (tertiary alicyclic amines) is 1. The van der Waals surface area contributed by atoms with Gasteiger partial charge in [0.15, 0.2) is 0 Å². The molecular formula is C9H10IN3O2. The Morgan fingerprint density at radius 2 is 2.47 bits per heavy atom. The summed E-state index contributed by atoms with van der Waals surface area (Å²) in [5.74, 6) is 1.35. The molecule has 0 radical (unpaired) electrons. The average molecular weight is 319 g/mol. The van der Waals surface area contributed by atoms with Crippen molar-refractivity contribution in [1.82, 2.24) is 14.9 Å². The normalized spacial score (nSPS) is 32.9. The number of fused-ring (bicyclic) bond motifs is 1. The van der Waals surface area contributed by atoms with Crippen molar-refractivity contribution in [1.29, 1.82) is 0 Å². The second-order valence-electron chi connectivity index (χ2n) is 4.11. The lowest BCUT2D eigenvalue weighted by molar-refractivity contribution is 0.128. The van der Waals surface area contributed by atoms with Gasteiger partial charge in [0, 0.05) is 12.2 Å². The number of nitrogens with one attached hydrogen (secondary N) is 1. The molecule has 6 heteroatoms. The number of carboxylic acid groups (broad SMARTS) is 1. The fraction of sp³-hybridized carbons (Fsp3) is 0.556. The number of rotatable bonds is 1. The molecular weight excluding hydrogens is 309 g/mol. The fourth-order valence-corrected chi connectivity index (χ4v) is 2.88. The van der Waals surface area contributed by atoms with E-state index in [-0.39, 0.29) is 12.1 Å². The lowest BCUT2D eigenvalue weighted by Crippen LogP contribution is -2.32. The summed E-state index contributed by atoms with van der Waals surface area (Å²) in [6.07, 6.45) is 2.93. The molecule has 80 valence electrons. The van der Waals surface area contributed by atoms with Gasteiger partial charge in [0.1, 0.15) is 9.53 Å². The highest BCUT2D eigenvalue weighted by molar-refractivity contribution is 14.1. The van der Waals surface area contributed by atoms with Gasteiger partial charge in [-0.15, -0.1) is 0 Å². The van der Waals surface area contributed by atoms with Crippen LogP contribution in [0.2, 0.25) is 0 Å². The van der Waals surface area contributed by atoms with Gasteiger partial charge in [0.2, 0.25) is 0 Å². The topological polar surface area (TPSA) is 69.2 Å². The molecule has 2 N–H and O–H groups in total. The molecule has 1 saturated carbocycles. The monoisotopic (exact) mass is 319 g/mol. The number of halogens is 1. The molecule has 1 aliphatic heterocycles. The lowest BCUT2D eigenvalue weighted by Gasteiger charge is -2.22. The van der Waals surface area contributed by atoms with Crippen LogP contribution in [0.4, 0.5) is 4.79 Å². The third kappa shape index (κ3) is 1.42. The Morgan fingerprint density at radius 1 is 1.67 bits per heavy atom. The van der Waals surface area contributed by atoms with Gasteiger partial charge in [0.05, 0.1) is 6.04 Å². The van der Waals surface area contributed by atoms with Crippen LogP contribution in [0, 0.1) is 9.62 Å². The van der Waals surface area contributed by atoms with Crippen molar-refractivity contribution in [2.45, 2.75) is 24.9 Å². The number of aromatic amines is 1. The van der Waals surface area contributed by atoms with Gasteiger partial charge in [-0.05, 0) is 41.4 Å². The minimum absolute atomic E-state index is 0.0604. The Hall–Kier alpha value is -0.790. The molecule has 0 spiro atoms. The minimum atomic E-state index is -0.823. The van der Waals surface area contributed by atoms with E-state index >= 15 is 0 Å². The van der Waals surface area contributed by atoms with Gasteiger partial charge >= 0.3 is 6.09 Å². The van der Waals surface area contributed by atoms with Crippen LogP contribution < -0.4 is 0 Å². The molecule has 2 aliphatic rings. The number of piperidine rings is 1. The lowest BCUT2D eigenvalue weighted by atomic mass is 10.1. The predicted octanol–water partition coefficient (Wildman–Crippen LogP) is 1.83. The molecule has 3 rings (SSSR count). The summed E-state index contributed by atoms with van der Waals surface area (Å²) in [4.78, 5) is 20.0. The SMILES string of the molecule is O=C(O)N1[C@H](c2nc(I)c[nH]2)C[C@@H]2C[C@@H]21. The van der Waals surface area contributed by atoms with E-state index in [4.69, 9.17) is 5.11 Å². The minimum Gasteiger partial charge on any atom is -0.465 e. The Morgan fingerprint density at radius 3 is 3.07 bits per heavy atom. The maximum Gasteiger partial charge on any atom is 0.408 e. The number of imidazole rings is 1. The van der Waals surface area contributed by atoms with Crippen molar-refractivity contribution in [2.75, 3.05) is 0 Å². The highest BCUT2D eigenvalue weighted by atomic mass is 127. The molecule has 15 heavy (non-hydrogen) atoms. The zero-order valence-electron chi connectivity index (χ0n) is 7.85. The Labute approximate surface area is 100 Å². The van der Waals surface area contributed by atoms with E-state index in [1.54, 1.807) is 11.1 Å². The van der Waals surface area contributed by atoms with Crippen LogP contribution >= 0.6 is 22.6 Å². The van der Waals surface area contributed by atoms with Crippen molar-refractivity contribution in [3.63, 3.8) is 0 Å². The molecule has 2 fully saturated rings. The van der Waals surface area contributed by atoms with Gasteiger partial charge < -0.3 is 10.1 Å². The number of hydrogen-bond acceptors (Lipinski definition) is 2. The van der Waals surface area contributed by atoms with E-state index in [0.717, 1.165) is 22.4 Å². The predicted molar refractivity (Wildman–Crippen MR) is 60.4 cm³/mol. The van der Waals surface area contributed by atoms with Crippen molar-refractivity contribution in [3.8, 4) is 0 Å². The smallest absolute Gasteiger partial charge is 0.408 e. The van der Waals surface area contributed by atoms with Crippen molar-refractivity contribution < 1.29 is 9.90 Å². The van der Waals surface area contributed by atoms with Crippen LogP contribution in [-0.2, 0) is 0 Å². The number of aromatic nitrogens is 2. The fourth-order valence-electron chi connectivity index (χ4n) is 2.46. The van der Waals surface area contributed by atoms with Gasteiger partial charge in [-0.2, -0.15) is 0 Å². The summed E-state index contributed by atoms with van der Waals surface area (Å²) in [7, 11) is 0. The quantitative estimate of drug-likeness (QED) is 0.776. The van der Waals surface area contributed by atoms with Crippen LogP contribution in [0.3, 0.4) is 0 Å². The van der Waals surface area contributed by atoms with E-state index in [2.05, 4.69) is 32.6 Å². The Kier molecular flexibility index (Phi) is 1.95. The van der Waals surface area contributed by atoms with Crippen LogP contribution in [0.15, 0.2) is 6.20 Å². The third-order valence-corrected chi connectivity index (χ3v) is 3.76. The first kappa shape index (κ1) is 9.44. The number of carbonyl (C=O) groups is 1. The molecule has 0 unspecified atom stereocenters. The van der Waals surface area contributed by atoms with Crippen LogP contribution in [0.1, 0.15) is 24.7 Å². The van der Waals surface area contributed by atoms with E-state index in [9.17, 15) is 4.79 Å². The molecule has 1 aromatic rings. The summed E-state index contributed by atoms with van der Waals surface area (Å²) < 4.78 is 0.883. The molecule has 2 heterocycles.